The molecule has 0 fully saturated rings. The van der Waals surface area contributed by atoms with Crippen molar-refractivity contribution in [3.8, 4) is 11.5 Å². The van der Waals surface area contributed by atoms with Gasteiger partial charge in [0.2, 0.25) is 0 Å². The molecule has 0 aromatic heterocycles. The number of hydrazone groups is 1. The molecule has 0 aliphatic carbocycles. The van der Waals surface area contributed by atoms with E-state index in [1.54, 1.807) is 37.4 Å². The van der Waals surface area contributed by atoms with E-state index in [2.05, 4.69) is 15.8 Å². The second-order valence-electron chi connectivity index (χ2n) is 4.95. The summed E-state index contributed by atoms with van der Waals surface area (Å²) >= 11 is 0. The van der Waals surface area contributed by atoms with Gasteiger partial charge in [-0.25, -0.2) is 5.43 Å². The normalized spacial score (nSPS) is 10.3. The Bertz CT molecular complexity index is 732. The SMILES string of the molecule is COc1cccc(/C=N/NC(=O)CNC(=O)COc2ccccc2)c1. The summed E-state index contributed by atoms with van der Waals surface area (Å²) in [4.78, 5) is 23.2. The van der Waals surface area contributed by atoms with Crippen molar-refractivity contribution < 1.29 is 19.1 Å². The number of hydrogen-bond donors (Lipinski definition) is 2. The van der Waals surface area contributed by atoms with Crippen molar-refractivity contribution in [2.75, 3.05) is 20.3 Å². The summed E-state index contributed by atoms with van der Waals surface area (Å²) in [5, 5.41) is 6.28. The molecule has 7 heteroatoms. The van der Waals surface area contributed by atoms with E-state index in [1.807, 2.05) is 24.3 Å². The number of amides is 2. The fourth-order valence-corrected chi connectivity index (χ4v) is 1.84. The Morgan fingerprint density at radius 2 is 1.80 bits per heavy atom. The van der Waals surface area contributed by atoms with E-state index in [0.29, 0.717) is 11.5 Å². The molecule has 0 heterocycles. The highest BCUT2D eigenvalue weighted by Gasteiger charge is 2.05. The molecule has 130 valence electrons. The van der Waals surface area contributed by atoms with Crippen molar-refractivity contribution in [3.63, 3.8) is 0 Å². The van der Waals surface area contributed by atoms with Crippen LogP contribution in [0, 0.1) is 0 Å². The van der Waals surface area contributed by atoms with Crippen LogP contribution in [0.5, 0.6) is 11.5 Å². The van der Waals surface area contributed by atoms with Gasteiger partial charge < -0.3 is 14.8 Å². The Morgan fingerprint density at radius 3 is 2.56 bits per heavy atom. The lowest BCUT2D eigenvalue weighted by Gasteiger charge is -2.06. The molecule has 2 rings (SSSR count). The number of methoxy groups -OCH3 is 1. The predicted molar refractivity (Wildman–Crippen MR) is 93.7 cm³/mol. The molecule has 2 N–H and O–H groups in total. The third kappa shape index (κ3) is 6.74. The van der Waals surface area contributed by atoms with Gasteiger partial charge in [0.15, 0.2) is 6.61 Å². The molecular formula is C18H19N3O4. The fraction of sp³-hybridized carbons (Fsp3) is 0.167. The smallest absolute Gasteiger partial charge is 0.259 e. The highest BCUT2D eigenvalue weighted by Crippen LogP contribution is 2.10. The summed E-state index contributed by atoms with van der Waals surface area (Å²) in [6.45, 7) is -0.350. The van der Waals surface area contributed by atoms with Gasteiger partial charge in [0.1, 0.15) is 11.5 Å². The van der Waals surface area contributed by atoms with Gasteiger partial charge in [-0.05, 0) is 29.8 Å². The Hall–Kier alpha value is -3.35. The summed E-state index contributed by atoms with van der Waals surface area (Å²) < 4.78 is 10.4. The summed E-state index contributed by atoms with van der Waals surface area (Å²) in [7, 11) is 1.57. The maximum absolute atomic E-state index is 11.6. The van der Waals surface area contributed by atoms with E-state index in [4.69, 9.17) is 9.47 Å². The molecule has 2 aromatic carbocycles. The van der Waals surface area contributed by atoms with Gasteiger partial charge in [-0.1, -0.05) is 30.3 Å². The average Bonchev–Trinajstić information content (AvgIpc) is 2.65. The van der Waals surface area contributed by atoms with Crippen molar-refractivity contribution in [2.24, 2.45) is 5.10 Å². The van der Waals surface area contributed by atoms with Crippen LogP contribution in [-0.4, -0.2) is 38.3 Å². The minimum absolute atomic E-state index is 0.162. The Balaban J connectivity index is 1.67. The fourth-order valence-electron chi connectivity index (χ4n) is 1.84. The van der Waals surface area contributed by atoms with Crippen molar-refractivity contribution in [2.45, 2.75) is 0 Å². The minimum Gasteiger partial charge on any atom is -0.497 e. The molecule has 0 unspecified atom stereocenters. The van der Waals surface area contributed by atoms with Crippen LogP contribution >= 0.6 is 0 Å². The average molecular weight is 341 g/mol. The minimum atomic E-state index is -0.438. The number of para-hydroxylation sites is 1. The van der Waals surface area contributed by atoms with Gasteiger partial charge in [-0.15, -0.1) is 0 Å². The quantitative estimate of drug-likeness (QED) is 0.560. The zero-order valence-corrected chi connectivity index (χ0v) is 13.8. The number of rotatable bonds is 8. The van der Waals surface area contributed by atoms with Crippen LogP contribution in [0.2, 0.25) is 0 Å². The molecule has 0 aliphatic heterocycles. The monoisotopic (exact) mass is 341 g/mol. The van der Waals surface area contributed by atoms with Gasteiger partial charge >= 0.3 is 0 Å². The summed E-state index contributed by atoms with van der Waals surface area (Å²) in [5.41, 5.74) is 3.11. The molecule has 0 spiro atoms. The lowest BCUT2D eigenvalue weighted by atomic mass is 10.2. The molecule has 7 nitrogen and oxygen atoms in total. The van der Waals surface area contributed by atoms with Crippen molar-refractivity contribution >= 4 is 18.0 Å². The number of carbonyl (C=O) groups excluding carboxylic acids is 2. The van der Waals surface area contributed by atoms with Crippen LogP contribution < -0.4 is 20.2 Å². The molecule has 0 radical (unpaired) electrons. The lowest BCUT2D eigenvalue weighted by Crippen LogP contribution is -2.37. The van der Waals surface area contributed by atoms with E-state index >= 15 is 0 Å². The number of benzene rings is 2. The largest absolute Gasteiger partial charge is 0.497 e. The van der Waals surface area contributed by atoms with Gasteiger partial charge in [-0.2, -0.15) is 5.10 Å². The zero-order chi connectivity index (χ0) is 17.9. The number of carbonyl (C=O) groups is 2. The van der Waals surface area contributed by atoms with Crippen LogP contribution in [0.1, 0.15) is 5.56 Å². The van der Waals surface area contributed by atoms with Crippen molar-refractivity contribution in [1.29, 1.82) is 0 Å². The van der Waals surface area contributed by atoms with Gasteiger partial charge in [-0.3, -0.25) is 9.59 Å². The molecule has 2 aromatic rings. The number of ether oxygens (including phenoxy) is 2. The lowest BCUT2D eigenvalue weighted by molar-refractivity contribution is -0.127. The molecule has 2 amide bonds. The standard InChI is InChI=1S/C18H19N3O4/c1-24-16-9-5-6-14(10-16)11-20-21-17(22)12-19-18(23)13-25-15-7-3-2-4-8-15/h2-11H,12-13H2,1H3,(H,19,23)(H,21,22)/b20-11+. The summed E-state index contributed by atoms with van der Waals surface area (Å²) in [6.07, 6.45) is 1.49. The molecule has 0 saturated heterocycles. The van der Waals surface area contributed by atoms with Crippen LogP contribution in [-0.2, 0) is 9.59 Å². The number of nitrogens with one attached hydrogen (secondary N) is 2. The second-order valence-corrected chi connectivity index (χ2v) is 4.95. The maximum atomic E-state index is 11.6. The first-order valence-corrected chi connectivity index (χ1v) is 7.58. The van der Waals surface area contributed by atoms with E-state index in [1.165, 1.54) is 6.21 Å². The Kier molecular flexibility index (Phi) is 6.99. The Morgan fingerprint density at radius 1 is 1.04 bits per heavy atom. The van der Waals surface area contributed by atoms with E-state index in [0.717, 1.165) is 5.56 Å². The number of hydrogen-bond acceptors (Lipinski definition) is 5. The maximum Gasteiger partial charge on any atom is 0.259 e. The van der Waals surface area contributed by atoms with Gasteiger partial charge in [0.25, 0.3) is 11.8 Å². The molecule has 0 bridgehead atoms. The van der Waals surface area contributed by atoms with Crippen LogP contribution in [0.25, 0.3) is 0 Å². The Labute approximate surface area is 145 Å². The van der Waals surface area contributed by atoms with Crippen molar-refractivity contribution in [1.82, 2.24) is 10.7 Å². The van der Waals surface area contributed by atoms with Gasteiger partial charge in [0.05, 0.1) is 19.9 Å². The first-order chi connectivity index (χ1) is 12.2. The number of nitrogens with zero attached hydrogens (tertiary/aromatic N) is 1. The van der Waals surface area contributed by atoms with E-state index in [9.17, 15) is 9.59 Å². The second kappa shape index (κ2) is 9.71. The topological polar surface area (TPSA) is 89.0 Å². The third-order valence-corrected chi connectivity index (χ3v) is 3.06. The highest BCUT2D eigenvalue weighted by molar-refractivity contribution is 5.86. The van der Waals surface area contributed by atoms with Crippen molar-refractivity contribution in [3.05, 3.63) is 60.2 Å². The molecule has 0 atom stereocenters. The molecule has 0 aliphatic rings. The van der Waals surface area contributed by atoms with Gasteiger partial charge in [0, 0.05) is 0 Å². The van der Waals surface area contributed by atoms with E-state index < -0.39 is 11.8 Å². The summed E-state index contributed by atoms with van der Waals surface area (Å²) in [5.74, 6) is 0.453. The van der Waals surface area contributed by atoms with Crippen LogP contribution in [0.15, 0.2) is 59.7 Å². The van der Waals surface area contributed by atoms with Crippen LogP contribution in [0.4, 0.5) is 0 Å². The molecule has 0 saturated carbocycles. The summed E-state index contributed by atoms with van der Waals surface area (Å²) in [6, 6.07) is 16.2. The first-order valence-electron chi connectivity index (χ1n) is 7.58. The first kappa shape index (κ1) is 18.0. The van der Waals surface area contributed by atoms with E-state index in [-0.39, 0.29) is 13.2 Å². The predicted octanol–water partition coefficient (Wildman–Crippen LogP) is 1.34. The molecular weight excluding hydrogens is 322 g/mol. The highest BCUT2D eigenvalue weighted by atomic mass is 16.5. The zero-order valence-electron chi connectivity index (χ0n) is 13.8. The molecule has 25 heavy (non-hydrogen) atoms. The third-order valence-electron chi connectivity index (χ3n) is 3.06. The van der Waals surface area contributed by atoms with Crippen LogP contribution in [0.3, 0.4) is 0 Å².